The summed E-state index contributed by atoms with van der Waals surface area (Å²) >= 11 is 11.8. The van der Waals surface area contributed by atoms with Crippen molar-refractivity contribution in [3.8, 4) is 0 Å². The van der Waals surface area contributed by atoms with Crippen molar-refractivity contribution in [1.29, 1.82) is 0 Å². The molecule has 0 saturated heterocycles. The lowest BCUT2D eigenvalue weighted by molar-refractivity contribution is 0.0609. The van der Waals surface area contributed by atoms with Crippen LogP contribution in [-0.2, 0) is 4.74 Å². The number of methoxy groups -OCH3 is 1. The minimum atomic E-state index is -0.772. The lowest BCUT2D eigenvalue weighted by atomic mass is 10.2. The van der Waals surface area contributed by atoms with Gasteiger partial charge in [0.1, 0.15) is 0 Å². The summed E-state index contributed by atoms with van der Waals surface area (Å²) in [5, 5.41) is 12.3. The molecule has 0 saturated carbocycles. The van der Waals surface area contributed by atoms with E-state index in [2.05, 4.69) is 10.3 Å². The number of nitrogens with zero attached hydrogens (tertiary/aromatic N) is 1. The highest BCUT2D eigenvalue weighted by atomic mass is 35.5. The number of ether oxygens (including phenoxy) is 1. The monoisotopic (exact) mass is 292 g/mol. The van der Waals surface area contributed by atoms with Gasteiger partial charge in [-0.1, -0.05) is 23.2 Å². The van der Waals surface area contributed by atoms with Crippen molar-refractivity contribution in [2.75, 3.05) is 20.3 Å². The normalized spacial score (nSPS) is 12.3. The van der Waals surface area contributed by atoms with Gasteiger partial charge in [-0.2, -0.15) is 0 Å². The Morgan fingerprint density at radius 3 is 2.83 bits per heavy atom. The number of halogens is 2. The highest BCUT2D eigenvalue weighted by molar-refractivity contribution is 6.44. The van der Waals surface area contributed by atoms with Gasteiger partial charge >= 0.3 is 0 Å². The minimum absolute atomic E-state index is 0.0640. The van der Waals surface area contributed by atoms with Crippen molar-refractivity contribution < 1.29 is 14.6 Å². The fraction of sp³-hybridized carbons (Fsp3) is 0.455. The van der Waals surface area contributed by atoms with E-state index >= 15 is 0 Å². The van der Waals surface area contributed by atoms with Crippen LogP contribution >= 0.6 is 23.2 Å². The SMILES string of the molecule is COCC(O)CNC(=O)c1cnc(C)c(Cl)c1Cl. The average Bonchev–Trinajstić information content (AvgIpc) is 2.34. The van der Waals surface area contributed by atoms with Gasteiger partial charge in [0, 0.05) is 19.9 Å². The van der Waals surface area contributed by atoms with Gasteiger partial charge in [-0.3, -0.25) is 9.78 Å². The molecule has 100 valence electrons. The molecule has 2 N–H and O–H groups in total. The van der Waals surface area contributed by atoms with E-state index in [0.29, 0.717) is 5.69 Å². The molecule has 1 unspecified atom stereocenters. The first kappa shape index (κ1) is 15.2. The molecular formula is C11H14Cl2N2O3. The number of nitrogens with one attached hydrogen (secondary N) is 1. The third-order valence-electron chi connectivity index (χ3n) is 2.24. The van der Waals surface area contributed by atoms with Gasteiger partial charge in [-0.25, -0.2) is 0 Å². The first-order valence-electron chi connectivity index (χ1n) is 5.23. The Morgan fingerprint density at radius 2 is 2.22 bits per heavy atom. The Balaban J connectivity index is 2.71. The summed E-state index contributed by atoms with van der Waals surface area (Å²) in [7, 11) is 1.46. The first-order valence-corrected chi connectivity index (χ1v) is 5.98. The summed E-state index contributed by atoms with van der Waals surface area (Å²) in [6.45, 7) is 1.90. The van der Waals surface area contributed by atoms with Crippen LogP contribution in [0.2, 0.25) is 10.0 Å². The van der Waals surface area contributed by atoms with Gasteiger partial charge in [0.15, 0.2) is 0 Å². The third-order valence-corrected chi connectivity index (χ3v) is 3.19. The molecule has 0 fully saturated rings. The van der Waals surface area contributed by atoms with Crippen LogP contribution in [0.4, 0.5) is 0 Å². The van der Waals surface area contributed by atoms with Crippen molar-refractivity contribution in [3.05, 3.63) is 27.5 Å². The largest absolute Gasteiger partial charge is 0.389 e. The Labute approximate surface area is 115 Å². The maximum Gasteiger partial charge on any atom is 0.254 e. The molecule has 1 aromatic rings. The van der Waals surface area contributed by atoms with Crippen molar-refractivity contribution in [2.45, 2.75) is 13.0 Å². The Kier molecular flexibility index (Phi) is 5.81. The van der Waals surface area contributed by atoms with Gasteiger partial charge in [-0.15, -0.1) is 0 Å². The predicted molar refractivity (Wildman–Crippen MR) is 69.2 cm³/mol. The van der Waals surface area contributed by atoms with Gasteiger partial charge in [0.25, 0.3) is 5.91 Å². The molecule has 1 amide bonds. The zero-order chi connectivity index (χ0) is 13.7. The molecular weight excluding hydrogens is 279 g/mol. The molecule has 0 bridgehead atoms. The molecule has 5 nitrogen and oxygen atoms in total. The van der Waals surface area contributed by atoms with Crippen LogP contribution in [0.25, 0.3) is 0 Å². The summed E-state index contributed by atoms with van der Waals surface area (Å²) in [6, 6.07) is 0. The summed E-state index contributed by atoms with van der Waals surface area (Å²) in [4.78, 5) is 15.8. The van der Waals surface area contributed by atoms with Crippen LogP contribution < -0.4 is 5.32 Å². The lowest BCUT2D eigenvalue weighted by Gasteiger charge is -2.12. The number of hydrogen-bond acceptors (Lipinski definition) is 4. The molecule has 0 aromatic carbocycles. The predicted octanol–water partition coefficient (Wildman–Crippen LogP) is 1.43. The second-order valence-electron chi connectivity index (χ2n) is 3.70. The molecule has 0 aliphatic heterocycles. The highest BCUT2D eigenvalue weighted by Gasteiger charge is 2.16. The van der Waals surface area contributed by atoms with E-state index in [9.17, 15) is 9.90 Å². The Bertz CT molecular complexity index is 441. The third kappa shape index (κ3) is 3.81. The van der Waals surface area contributed by atoms with E-state index < -0.39 is 12.0 Å². The van der Waals surface area contributed by atoms with Gasteiger partial charge < -0.3 is 15.2 Å². The molecule has 0 aliphatic carbocycles. The van der Waals surface area contributed by atoms with Crippen molar-refractivity contribution in [3.63, 3.8) is 0 Å². The molecule has 0 spiro atoms. The fourth-order valence-corrected chi connectivity index (χ4v) is 1.69. The minimum Gasteiger partial charge on any atom is -0.389 e. The summed E-state index contributed by atoms with van der Waals surface area (Å²) < 4.78 is 4.74. The molecule has 1 aromatic heterocycles. The number of pyridine rings is 1. The van der Waals surface area contributed by atoms with Crippen LogP contribution in [0.5, 0.6) is 0 Å². The van der Waals surface area contributed by atoms with Crippen LogP contribution in [0.15, 0.2) is 6.20 Å². The maximum atomic E-state index is 11.8. The molecule has 1 rings (SSSR count). The second kappa shape index (κ2) is 6.89. The number of aromatic nitrogens is 1. The topological polar surface area (TPSA) is 71.5 Å². The number of carbonyl (C=O) groups excluding carboxylic acids is 1. The number of aryl methyl sites for hydroxylation is 1. The fourth-order valence-electron chi connectivity index (χ4n) is 1.27. The smallest absolute Gasteiger partial charge is 0.254 e. The summed E-state index contributed by atoms with van der Waals surface area (Å²) in [5.41, 5.74) is 0.731. The quantitative estimate of drug-likeness (QED) is 0.861. The van der Waals surface area contributed by atoms with E-state index in [-0.39, 0.29) is 28.8 Å². The van der Waals surface area contributed by atoms with E-state index in [1.807, 2.05) is 0 Å². The van der Waals surface area contributed by atoms with Crippen LogP contribution in [0.1, 0.15) is 16.1 Å². The number of hydrogen-bond donors (Lipinski definition) is 2. The highest BCUT2D eigenvalue weighted by Crippen LogP contribution is 2.27. The molecule has 0 radical (unpaired) electrons. The standard InChI is InChI=1S/C11H14Cl2N2O3/c1-6-9(12)10(13)8(4-14-6)11(17)15-3-7(16)5-18-2/h4,7,16H,3,5H2,1-2H3,(H,15,17). The van der Waals surface area contributed by atoms with E-state index in [0.717, 1.165) is 0 Å². The van der Waals surface area contributed by atoms with Crippen molar-refractivity contribution in [1.82, 2.24) is 10.3 Å². The van der Waals surface area contributed by atoms with E-state index in [1.54, 1.807) is 6.92 Å². The number of aliphatic hydroxyl groups is 1. The van der Waals surface area contributed by atoms with Crippen molar-refractivity contribution in [2.24, 2.45) is 0 Å². The van der Waals surface area contributed by atoms with Crippen LogP contribution in [0.3, 0.4) is 0 Å². The van der Waals surface area contributed by atoms with Gasteiger partial charge in [-0.05, 0) is 6.92 Å². The first-order chi connectivity index (χ1) is 8.47. The van der Waals surface area contributed by atoms with E-state index in [4.69, 9.17) is 27.9 Å². The molecule has 1 atom stereocenters. The molecule has 7 heteroatoms. The second-order valence-corrected chi connectivity index (χ2v) is 4.46. The average molecular weight is 293 g/mol. The molecule has 0 aliphatic rings. The number of amides is 1. The Hall–Kier alpha value is -0.880. The number of rotatable bonds is 5. The van der Waals surface area contributed by atoms with Gasteiger partial charge in [0.05, 0.1) is 34.0 Å². The summed E-state index contributed by atoms with van der Waals surface area (Å²) in [6.07, 6.45) is 0.577. The zero-order valence-electron chi connectivity index (χ0n) is 10.0. The number of aliphatic hydroxyl groups excluding tert-OH is 1. The van der Waals surface area contributed by atoms with Gasteiger partial charge in [0.2, 0.25) is 0 Å². The number of carbonyl (C=O) groups is 1. The summed E-state index contributed by atoms with van der Waals surface area (Å²) in [5.74, 6) is -0.440. The van der Waals surface area contributed by atoms with Crippen molar-refractivity contribution >= 4 is 29.1 Å². The van der Waals surface area contributed by atoms with Crippen LogP contribution in [0, 0.1) is 6.92 Å². The van der Waals surface area contributed by atoms with Crippen LogP contribution in [-0.4, -0.2) is 42.4 Å². The maximum absolute atomic E-state index is 11.8. The zero-order valence-corrected chi connectivity index (χ0v) is 11.5. The Morgan fingerprint density at radius 1 is 1.56 bits per heavy atom. The molecule has 18 heavy (non-hydrogen) atoms. The van der Waals surface area contributed by atoms with E-state index in [1.165, 1.54) is 13.3 Å². The lowest BCUT2D eigenvalue weighted by Crippen LogP contribution is -2.34. The molecule has 1 heterocycles.